The van der Waals surface area contributed by atoms with Gasteiger partial charge in [-0.3, -0.25) is 4.99 Å². The lowest BCUT2D eigenvalue weighted by Crippen LogP contribution is -1.89. The predicted octanol–water partition coefficient (Wildman–Crippen LogP) is 4.14. The monoisotopic (exact) mass is 267 g/mol. The van der Waals surface area contributed by atoms with Crippen LogP contribution in [-0.4, -0.2) is 17.9 Å². The fourth-order valence-corrected chi connectivity index (χ4v) is 2.12. The van der Waals surface area contributed by atoms with Crippen molar-refractivity contribution in [1.82, 2.24) is 0 Å². The molecule has 0 aromatic heterocycles. The molecule has 2 aromatic rings. The van der Waals surface area contributed by atoms with Gasteiger partial charge in [0.25, 0.3) is 0 Å². The minimum atomic E-state index is 0.295. The van der Waals surface area contributed by atoms with Crippen LogP contribution >= 0.6 is 0 Å². The Bertz CT molecular complexity index is 561. The largest absolute Gasteiger partial charge is 0.507 e. The van der Waals surface area contributed by atoms with Gasteiger partial charge in [-0.2, -0.15) is 0 Å². The minimum Gasteiger partial charge on any atom is -0.507 e. The van der Waals surface area contributed by atoms with Crippen LogP contribution in [0.4, 0.5) is 0 Å². The van der Waals surface area contributed by atoms with Gasteiger partial charge in [0.15, 0.2) is 0 Å². The summed E-state index contributed by atoms with van der Waals surface area (Å²) in [6.07, 6.45) is 5.08. The Hall–Kier alpha value is -2.09. The Kier molecular flexibility index (Phi) is 5.36. The number of aryl methyl sites for hydroxylation is 2. The Morgan fingerprint density at radius 3 is 2.65 bits per heavy atom. The van der Waals surface area contributed by atoms with Crippen molar-refractivity contribution >= 4 is 6.21 Å². The van der Waals surface area contributed by atoms with Crippen molar-refractivity contribution in [2.24, 2.45) is 4.99 Å². The number of nitrogens with zero attached hydrogens (tertiary/aromatic N) is 1. The maximum Gasteiger partial charge on any atom is 0.124 e. The van der Waals surface area contributed by atoms with E-state index in [1.54, 1.807) is 12.3 Å². The van der Waals surface area contributed by atoms with E-state index < -0.39 is 0 Å². The number of aliphatic imine (C=N–C) groups is 1. The number of hydrogen-bond acceptors (Lipinski definition) is 2. The number of hydrogen-bond donors (Lipinski definition) is 1. The standard InChI is InChI=1S/C18H21NO/c1-15-10-11-18(20)17(13-15)14-19-12-6-5-9-16-7-3-2-4-8-16/h2-4,7-8,10-11,13-14,20H,5-6,9,12H2,1H3. The highest BCUT2D eigenvalue weighted by atomic mass is 16.3. The Balaban J connectivity index is 1.73. The highest BCUT2D eigenvalue weighted by molar-refractivity contribution is 5.83. The van der Waals surface area contributed by atoms with E-state index in [1.165, 1.54) is 5.56 Å². The van der Waals surface area contributed by atoms with E-state index in [-0.39, 0.29) is 0 Å². The van der Waals surface area contributed by atoms with Crippen LogP contribution in [0.3, 0.4) is 0 Å². The van der Waals surface area contributed by atoms with E-state index in [9.17, 15) is 5.11 Å². The highest BCUT2D eigenvalue weighted by Gasteiger charge is 1.97. The third-order valence-electron chi connectivity index (χ3n) is 3.26. The second kappa shape index (κ2) is 7.49. The van der Waals surface area contributed by atoms with Crippen molar-refractivity contribution in [2.75, 3.05) is 6.54 Å². The molecule has 1 N–H and O–H groups in total. The summed E-state index contributed by atoms with van der Waals surface area (Å²) >= 11 is 0. The van der Waals surface area contributed by atoms with Crippen LogP contribution in [-0.2, 0) is 6.42 Å². The van der Waals surface area contributed by atoms with E-state index in [0.29, 0.717) is 5.75 Å². The maximum absolute atomic E-state index is 9.70. The lowest BCUT2D eigenvalue weighted by Gasteiger charge is -2.01. The second-order valence-electron chi connectivity index (χ2n) is 5.04. The van der Waals surface area contributed by atoms with Crippen LogP contribution in [0, 0.1) is 6.92 Å². The molecular formula is C18H21NO. The summed E-state index contributed by atoms with van der Waals surface area (Å²) in [4.78, 5) is 4.39. The van der Waals surface area contributed by atoms with Gasteiger partial charge in [0.2, 0.25) is 0 Å². The number of aromatic hydroxyl groups is 1. The van der Waals surface area contributed by atoms with Gasteiger partial charge in [0.1, 0.15) is 5.75 Å². The molecule has 2 aromatic carbocycles. The van der Waals surface area contributed by atoms with Crippen molar-refractivity contribution in [2.45, 2.75) is 26.2 Å². The molecule has 0 heterocycles. The summed E-state index contributed by atoms with van der Waals surface area (Å²) in [6.45, 7) is 2.82. The first kappa shape index (κ1) is 14.3. The van der Waals surface area contributed by atoms with Crippen LogP contribution in [0.15, 0.2) is 53.5 Å². The summed E-state index contributed by atoms with van der Waals surface area (Å²) in [5, 5.41) is 9.70. The quantitative estimate of drug-likeness (QED) is 0.619. The summed E-state index contributed by atoms with van der Waals surface area (Å²) in [5.74, 6) is 0.295. The van der Waals surface area contributed by atoms with Crippen LogP contribution in [0.25, 0.3) is 0 Å². The molecule has 0 saturated heterocycles. The van der Waals surface area contributed by atoms with Gasteiger partial charge in [0.05, 0.1) is 0 Å². The first-order chi connectivity index (χ1) is 9.75. The smallest absolute Gasteiger partial charge is 0.124 e. The zero-order valence-electron chi connectivity index (χ0n) is 11.9. The molecule has 0 atom stereocenters. The Morgan fingerprint density at radius 2 is 1.85 bits per heavy atom. The van der Waals surface area contributed by atoms with Gasteiger partial charge in [-0.1, -0.05) is 42.0 Å². The Morgan fingerprint density at radius 1 is 1.05 bits per heavy atom. The molecular weight excluding hydrogens is 246 g/mol. The fourth-order valence-electron chi connectivity index (χ4n) is 2.12. The number of phenolic OH excluding ortho intramolecular Hbond substituents is 1. The molecule has 0 amide bonds. The van der Waals surface area contributed by atoms with Crippen LogP contribution < -0.4 is 0 Å². The molecule has 0 aliphatic heterocycles. The average Bonchev–Trinajstić information content (AvgIpc) is 2.47. The van der Waals surface area contributed by atoms with E-state index >= 15 is 0 Å². The SMILES string of the molecule is Cc1ccc(O)c(C=NCCCCc2ccccc2)c1. The van der Waals surface area contributed by atoms with Crippen molar-refractivity contribution in [3.05, 3.63) is 65.2 Å². The molecule has 0 aliphatic rings. The first-order valence-electron chi connectivity index (χ1n) is 7.09. The first-order valence-corrected chi connectivity index (χ1v) is 7.09. The van der Waals surface area contributed by atoms with E-state index in [4.69, 9.17) is 0 Å². The third kappa shape index (κ3) is 4.54. The second-order valence-corrected chi connectivity index (χ2v) is 5.04. The lowest BCUT2D eigenvalue weighted by atomic mass is 10.1. The topological polar surface area (TPSA) is 32.6 Å². The van der Waals surface area contributed by atoms with E-state index in [0.717, 1.165) is 36.9 Å². The summed E-state index contributed by atoms with van der Waals surface area (Å²) in [5.41, 5.74) is 3.31. The third-order valence-corrected chi connectivity index (χ3v) is 3.26. The molecule has 0 fully saturated rings. The number of phenols is 1. The van der Waals surface area contributed by atoms with Crippen LogP contribution in [0.5, 0.6) is 5.75 Å². The molecule has 2 rings (SSSR count). The number of unbranched alkanes of at least 4 members (excludes halogenated alkanes) is 1. The average molecular weight is 267 g/mol. The molecule has 0 saturated carbocycles. The van der Waals surface area contributed by atoms with Gasteiger partial charge in [-0.05, 0) is 43.9 Å². The zero-order chi connectivity index (χ0) is 14.2. The fraction of sp³-hybridized carbons (Fsp3) is 0.278. The number of rotatable bonds is 6. The van der Waals surface area contributed by atoms with Gasteiger partial charge >= 0.3 is 0 Å². The van der Waals surface area contributed by atoms with E-state index in [1.807, 2.05) is 25.1 Å². The molecule has 0 bridgehead atoms. The summed E-state index contributed by atoms with van der Waals surface area (Å²) in [6, 6.07) is 16.1. The molecule has 0 aliphatic carbocycles. The molecule has 104 valence electrons. The van der Waals surface area contributed by atoms with Crippen molar-refractivity contribution < 1.29 is 5.11 Å². The maximum atomic E-state index is 9.70. The van der Waals surface area contributed by atoms with Gasteiger partial charge < -0.3 is 5.11 Å². The molecule has 2 heteroatoms. The predicted molar refractivity (Wildman–Crippen MR) is 84.7 cm³/mol. The summed E-state index contributed by atoms with van der Waals surface area (Å²) in [7, 11) is 0. The van der Waals surface area contributed by atoms with Crippen molar-refractivity contribution in [1.29, 1.82) is 0 Å². The summed E-state index contributed by atoms with van der Waals surface area (Å²) < 4.78 is 0. The van der Waals surface area contributed by atoms with Gasteiger partial charge in [-0.15, -0.1) is 0 Å². The molecule has 0 unspecified atom stereocenters. The van der Waals surface area contributed by atoms with Crippen molar-refractivity contribution in [3.63, 3.8) is 0 Å². The van der Waals surface area contributed by atoms with Crippen LogP contribution in [0.1, 0.15) is 29.5 Å². The zero-order valence-corrected chi connectivity index (χ0v) is 11.9. The molecule has 0 spiro atoms. The molecule has 0 radical (unpaired) electrons. The minimum absolute atomic E-state index is 0.295. The Labute approximate surface area is 120 Å². The van der Waals surface area contributed by atoms with E-state index in [2.05, 4.69) is 29.3 Å². The highest BCUT2D eigenvalue weighted by Crippen LogP contribution is 2.15. The number of benzene rings is 2. The van der Waals surface area contributed by atoms with Gasteiger partial charge in [0, 0.05) is 18.3 Å². The van der Waals surface area contributed by atoms with Crippen molar-refractivity contribution in [3.8, 4) is 5.75 Å². The molecule has 20 heavy (non-hydrogen) atoms. The molecule has 2 nitrogen and oxygen atoms in total. The normalized spacial score (nSPS) is 11.1. The van der Waals surface area contributed by atoms with Gasteiger partial charge in [-0.25, -0.2) is 0 Å². The lowest BCUT2D eigenvalue weighted by molar-refractivity contribution is 0.474. The van der Waals surface area contributed by atoms with Crippen LogP contribution in [0.2, 0.25) is 0 Å².